The van der Waals surface area contributed by atoms with Crippen molar-refractivity contribution in [2.24, 2.45) is 5.92 Å². The number of benzene rings is 1. The van der Waals surface area contributed by atoms with Gasteiger partial charge in [-0.05, 0) is 24.5 Å². The van der Waals surface area contributed by atoms with E-state index < -0.39 is 0 Å². The molecule has 102 valence electrons. The van der Waals surface area contributed by atoms with E-state index in [4.69, 9.17) is 10.5 Å². The highest BCUT2D eigenvalue weighted by molar-refractivity contribution is 5.79. The Morgan fingerprint density at radius 1 is 1.37 bits per heavy atom. The highest BCUT2D eigenvalue weighted by Gasteiger charge is 2.16. The van der Waals surface area contributed by atoms with Crippen LogP contribution in [0, 0.1) is 5.92 Å². The molecule has 1 aliphatic rings. The number of fused-ring (bicyclic) bond motifs is 1. The van der Waals surface area contributed by atoms with Crippen molar-refractivity contribution in [1.82, 2.24) is 9.55 Å². The van der Waals surface area contributed by atoms with Crippen molar-refractivity contribution in [1.29, 1.82) is 0 Å². The number of nitrogens with zero attached hydrogens (tertiary/aromatic N) is 2. The van der Waals surface area contributed by atoms with Crippen molar-refractivity contribution >= 4 is 17.0 Å². The molecule has 0 radical (unpaired) electrons. The lowest BCUT2D eigenvalue weighted by atomic mass is 10.0. The lowest BCUT2D eigenvalue weighted by Crippen LogP contribution is -2.07. The fourth-order valence-electron chi connectivity index (χ4n) is 3.09. The molecule has 2 N–H and O–H groups in total. The summed E-state index contributed by atoms with van der Waals surface area (Å²) in [5.41, 5.74) is 8.07. The molecule has 19 heavy (non-hydrogen) atoms. The number of aromatic nitrogens is 2. The van der Waals surface area contributed by atoms with Gasteiger partial charge in [0.2, 0.25) is 5.95 Å². The fourth-order valence-corrected chi connectivity index (χ4v) is 3.09. The van der Waals surface area contributed by atoms with E-state index in [1.807, 2.05) is 18.2 Å². The lowest BCUT2D eigenvalue weighted by molar-refractivity contribution is 0.415. The third-order valence-corrected chi connectivity index (χ3v) is 4.22. The van der Waals surface area contributed by atoms with E-state index in [0.29, 0.717) is 5.95 Å². The fraction of sp³-hybridized carbons (Fsp3) is 0.533. The first-order valence-electron chi connectivity index (χ1n) is 7.07. The number of hydrogen-bond donors (Lipinski definition) is 1. The number of imidazole rings is 1. The van der Waals surface area contributed by atoms with Crippen LogP contribution >= 0.6 is 0 Å². The number of rotatable bonds is 4. The molecule has 1 aliphatic carbocycles. The predicted octanol–water partition coefficient (Wildman–Crippen LogP) is 3.21. The van der Waals surface area contributed by atoms with Gasteiger partial charge in [0.05, 0.1) is 18.1 Å². The van der Waals surface area contributed by atoms with Gasteiger partial charge in [-0.3, -0.25) is 0 Å². The minimum absolute atomic E-state index is 0.612. The highest BCUT2D eigenvalue weighted by atomic mass is 16.5. The highest BCUT2D eigenvalue weighted by Crippen LogP contribution is 2.29. The molecule has 3 rings (SSSR count). The van der Waals surface area contributed by atoms with Crippen LogP contribution in [0.2, 0.25) is 0 Å². The van der Waals surface area contributed by atoms with Gasteiger partial charge in [-0.25, -0.2) is 4.98 Å². The molecule has 2 aromatic rings. The second-order valence-electron chi connectivity index (χ2n) is 5.42. The zero-order valence-corrected chi connectivity index (χ0v) is 11.4. The van der Waals surface area contributed by atoms with Crippen LogP contribution in [0.25, 0.3) is 11.0 Å². The molecule has 1 saturated carbocycles. The van der Waals surface area contributed by atoms with E-state index in [0.717, 1.165) is 29.2 Å². The lowest BCUT2D eigenvalue weighted by Gasteiger charge is -2.11. The molecular formula is C15H21N3O. The van der Waals surface area contributed by atoms with Gasteiger partial charge in [-0.2, -0.15) is 0 Å². The summed E-state index contributed by atoms with van der Waals surface area (Å²) >= 11 is 0. The summed E-state index contributed by atoms with van der Waals surface area (Å²) in [6, 6.07) is 5.92. The summed E-state index contributed by atoms with van der Waals surface area (Å²) in [4.78, 5) is 4.42. The molecule has 0 amide bonds. The maximum Gasteiger partial charge on any atom is 0.201 e. The van der Waals surface area contributed by atoms with Crippen molar-refractivity contribution < 1.29 is 4.74 Å². The Morgan fingerprint density at radius 2 is 2.16 bits per heavy atom. The third-order valence-electron chi connectivity index (χ3n) is 4.22. The standard InChI is InChI=1S/C15H21N3O/c1-19-12-6-7-13-14(10-12)18(15(16)17-13)9-8-11-4-2-3-5-11/h6-7,10-11H,2-5,8-9H2,1H3,(H2,16,17). The first kappa shape index (κ1) is 12.3. The molecular weight excluding hydrogens is 238 g/mol. The summed E-state index contributed by atoms with van der Waals surface area (Å²) in [6.07, 6.45) is 6.72. The normalized spacial score (nSPS) is 16.3. The number of anilines is 1. The van der Waals surface area contributed by atoms with E-state index in [1.165, 1.54) is 32.1 Å². The predicted molar refractivity (Wildman–Crippen MR) is 77.3 cm³/mol. The Morgan fingerprint density at radius 3 is 2.89 bits per heavy atom. The summed E-state index contributed by atoms with van der Waals surface area (Å²) in [5, 5.41) is 0. The number of methoxy groups -OCH3 is 1. The van der Waals surface area contributed by atoms with Crippen LogP contribution < -0.4 is 10.5 Å². The van der Waals surface area contributed by atoms with Crippen LogP contribution in [-0.4, -0.2) is 16.7 Å². The number of hydrogen-bond acceptors (Lipinski definition) is 3. The summed E-state index contributed by atoms with van der Waals surface area (Å²) in [7, 11) is 1.68. The summed E-state index contributed by atoms with van der Waals surface area (Å²) in [5.74, 6) is 2.33. The monoisotopic (exact) mass is 259 g/mol. The van der Waals surface area contributed by atoms with E-state index >= 15 is 0 Å². The van der Waals surface area contributed by atoms with E-state index in [2.05, 4.69) is 9.55 Å². The van der Waals surface area contributed by atoms with Crippen LogP contribution in [-0.2, 0) is 6.54 Å². The van der Waals surface area contributed by atoms with Gasteiger partial charge in [0.1, 0.15) is 5.75 Å². The quantitative estimate of drug-likeness (QED) is 0.917. The molecule has 0 spiro atoms. The van der Waals surface area contributed by atoms with Crippen LogP contribution in [0.1, 0.15) is 32.1 Å². The molecule has 0 unspecified atom stereocenters. The smallest absolute Gasteiger partial charge is 0.201 e. The summed E-state index contributed by atoms with van der Waals surface area (Å²) in [6.45, 7) is 0.958. The van der Waals surface area contributed by atoms with Crippen LogP contribution in [0.15, 0.2) is 18.2 Å². The van der Waals surface area contributed by atoms with Crippen molar-refractivity contribution in [3.05, 3.63) is 18.2 Å². The first-order chi connectivity index (χ1) is 9.28. The molecule has 1 heterocycles. The molecule has 1 aromatic heterocycles. The molecule has 0 saturated heterocycles. The topological polar surface area (TPSA) is 53.1 Å². The van der Waals surface area contributed by atoms with Crippen LogP contribution in [0.5, 0.6) is 5.75 Å². The Bertz CT molecular complexity index is 570. The zero-order valence-electron chi connectivity index (χ0n) is 11.4. The minimum Gasteiger partial charge on any atom is -0.497 e. The summed E-state index contributed by atoms with van der Waals surface area (Å²) < 4.78 is 7.40. The average molecular weight is 259 g/mol. The first-order valence-corrected chi connectivity index (χ1v) is 7.07. The number of nitrogens with two attached hydrogens (primary N) is 1. The molecule has 4 nitrogen and oxygen atoms in total. The number of ether oxygens (including phenoxy) is 1. The van der Waals surface area contributed by atoms with Crippen molar-refractivity contribution in [3.8, 4) is 5.75 Å². The van der Waals surface area contributed by atoms with E-state index in [9.17, 15) is 0 Å². The molecule has 0 atom stereocenters. The second kappa shape index (κ2) is 5.11. The number of nitrogen functional groups attached to an aromatic ring is 1. The van der Waals surface area contributed by atoms with Crippen LogP contribution in [0.3, 0.4) is 0 Å². The SMILES string of the molecule is COc1ccc2nc(N)n(CCC3CCCC3)c2c1. The molecule has 0 bridgehead atoms. The van der Waals surface area contributed by atoms with Crippen molar-refractivity contribution in [2.45, 2.75) is 38.6 Å². The second-order valence-corrected chi connectivity index (χ2v) is 5.42. The minimum atomic E-state index is 0.612. The Hall–Kier alpha value is -1.71. The van der Waals surface area contributed by atoms with Gasteiger partial charge >= 0.3 is 0 Å². The largest absolute Gasteiger partial charge is 0.497 e. The maximum absolute atomic E-state index is 6.04. The van der Waals surface area contributed by atoms with Crippen molar-refractivity contribution in [3.63, 3.8) is 0 Å². The number of aryl methyl sites for hydroxylation is 1. The molecule has 1 aromatic carbocycles. The van der Waals surface area contributed by atoms with E-state index in [-0.39, 0.29) is 0 Å². The third kappa shape index (κ3) is 2.39. The van der Waals surface area contributed by atoms with Gasteiger partial charge in [-0.1, -0.05) is 25.7 Å². The van der Waals surface area contributed by atoms with Gasteiger partial charge < -0.3 is 15.0 Å². The van der Waals surface area contributed by atoms with Gasteiger partial charge in [-0.15, -0.1) is 0 Å². The molecule has 4 heteroatoms. The zero-order chi connectivity index (χ0) is 13.2. The van der Waals surface area contributed by atoms with Crippen molar-refractivity contribution in [2.75, 3.05) is 12.8 Å². The average Bonchev–Trinajstić information content (AvgIpc) is 3.03. The van der Waals surface area contributed by atoms with Crippen LogP contribution in [0.4, 0.5) is 5.95 Å². The van der Waals surface area contributed by atoms with Gasteiger partial charge in [0, 0.05) is 12.6 Å². The van der Waals surface area contributed by atoms with Gasteiger partial charge in [0.25, 0.3) is 0 Å². The molecule has 0 aliphatic heterocycles. The Kier molecular flexibility index (Phi) is 3.32. The van der Waals surface area contributed by atoms with Gasteiger partial charge in [0.15, 0.2) is 0 Å². The molecule has 1 fully saturated rings. The Balaban J connectivity index is 1.85. The van der Waals surface area contributed by atoms with E-state index in [1.54, 1.807) is 7.11 Å². The maximum atomic E-state index is 6.04. The Labute approximate surface area is 113 Å².